The molecule has 1 unspecified atom stereocenters. The largest absolute Gasteiger partial charge is 0.271 e. The lowest BCUT2D eigenvalue weighted by Crippen LogP contribution is -2.29. The highest BCUT2D eigenvalue weighted by molar-refractivity contribution is 7.12. The minimum absolute atomic E-state index is 0.0590. The molecule has 1 atom stereocenters. The van der Waals surface area contributed by atoms with Crippen LogP contribution in [0.1, 0.15) is 39.8 Å². The Morgan fingerprint density at radius 2 is 2.10 bits per heavy atom. The topological polar surface area (TPSA) is 38.0 Å². The number of hydrazine groups is 1. The summed E-state index contributed by atoms with van der Waals surface area (Å²) >= 11 is 7.60. The number of nitrogens with two attached hydrogens (primary N) is 1. The monoisotopic (exact) mass is 324 g/mol. The normalized spacial score (nSPS) is 15.8. The Morgan fingerprint density at radius 1 is 1.29 bits per heavy atom. The predicted octanol–water partition coefficient (Wildman–Crippen LogP) is 4.17. The Kier molecular flexibility index (Phi) is 4.60. The van der Waals surface area contributed by atoms with Crippen LogP contribution in [0.3, 0.4) is 0 Å². The molecule has 2 nitrogen and oxygen atoms in total. The van der Waals surface area contributed by atoms with Gasteiger partial charge in [0.05, 0.1) is 6.04 Å². The van der Waals surface area contributed by atoms with Gasteiger partial charge in [0.25, 0.3) is 0 Å². The maximum Gasteiger partial charge on any atom is 0.127 e. The molecule has 1 aliphatic carbocycles. The summed E-state index contributed by atoms with van der Waals surface area (Å²) in [7, 11) is 0. The molecule has 112 valence electrons. The number of hydrogen-bond donors (Lipinski definition) is 2. The number of aryl methyl sites for hydroxylation is 2. The summed E-state index contributed by atoms with van der Waals surface area (Å²) in [6.07, 6.45) is 5.36. The minimum Gasteiger partial charge on any atom is -0.271 e. The van der Waals surface area contributed by atoms with Gasteiger partial charge in [0.1, 0.15) is 5.82 Å². The fourth-order valence-corrected chi connectivity index (χ4v) is 4.31. The van der Waals surface area contributed by atoms with Crippen LogP contribution in [0.5, 0.6) is 0 Å². The van der Waals surface area contributed by atoms with E-state index in [-0.39, 0.29) is 11.9 Å². The first kappa shape index (κ1) is 15.0. The van der Waals surface area contributed by atoms with Crippen LogP contribution in [0.25, 0.3) is 0 Å². The molecule has 0 saturated heterocycles. The highest BCUT2D eigenvalue weighted by Gasteiger charge is 2.20. The smallest absolute Gasteiger partial charge is 0.127 e. The lowest BCUT2D eigenvalue weighted by molar-refractivity contribution is 0.535. The van der Waals surface area contributed by atoms with Crippen LogP contribution >= 0.6 is 22.9 Å². The molecule has 1 aromatic heterocycles. The Morgan fingerprint density at radius 3 is 2.81 bits per heavy atom. The van der Waals surface area contributed by atoms with Crippen LogP contribution in [-0.2, 0) is 19.3 Å². The molecule has 1 aliphatic rings. The van der Waals surface area contributed by atoms with Gasteiger partial charge in [-0.25, -0.2) is 4.39 Å². The molecule has 1 heterocycles. The van der Waals surface area contributed by atoms with Crippen molar-refractivity contribution in [2.75, 3.05) is 0 Å². The molecule has 1 aromatic carbocycles. The number of fused-ring (bicyclic) bond motifs is 1. The van der Waals surface area contributed by atoms with Gasteiger partial charge in [-0.15, -0.1) is 11.3 Å². The average molecular weight is 325 g/mol. The van der Waals surface area contributed by atoms with Gasteiger partial charge in [0.2, 0.25) is 0 Å². The lowest BCUT2D eigenvalue weighted by atomic mass is 9.98. The van der Waals surface area contributed by atoms with Crippen molar-refractivity contribution in [2.45, 2.75) is 38.1 Å². The molecule has 0 spiro atoms. The number of benzene rings is 1. The van der Waals surface area contributed by atoms with E-state index in [1.165, 1.54) is 34.2 Å². The number of nitrogens with one attached hydrogen (secondary N) is 1. The van der Waals surface area contributed by atoms with Crippen LogP contribution < -0.4 is 11.3 Å². The van der Waals surface area contributed by atoms with Crippen molar-refractivity contribution in [1.29, 1.82) is 0 Å². The molecule has 2 aromatic rings. The zero-order valence-corrected chi connectivity index (χ0v) is 13.2. The van der Waals surface area contributed by atoms with E-state index in [1.54, 1.807) is 23.5 Å². The second-order valence-electron chi connectivity index (χ2n) is 5.46. The molecule has 5 heteroatoms. The summed E-state index contributed by atoms with van der Waals surface area (Å²) in [5, 5.41) is 0.417. The molecule has 0 aliphatic heterocycles. The van der Waals surface area contributed by atoms with Crippen LogP contribution in [0, 0.1) is 5.82 Å². The molecular formula is C16H18ClFN2S. The Hall–Kier alpha value is -0.940. The lowest BCUT2D eigenvalue weighted by Gasteiger charge is -2.15. The SMILES string of the molecule is NNC(Cc1ccc(Cl)cc1F)c1cc2c(s1)CCCC2. The summed E-state index contributed by atoms with van der Waals surface area (Å²) < 4.78 is 13.9. The van der Waals surface area contributed by atoms with Crippen molar-refractivity contribution in [2.24, 2.45) is 5.84 Å². The van der Waals surface area contributed by atoms with Gasteiger partial charge in [-0.05, 0) is 61.4 Å². The Balaban J connectivity index is 1.83. The van der Waals surface area contributed by atoms with Crippen molar-refractivity contribution in [1.82, 2.24) is 5.43 Å². The van der Waals surface area contributed by atoms with Gasteiger partial charge in [0.15, 0.2) is 0 Å². The van der Waals surface area contributed by atoms with Gasteiger partial charge >= 0.3 is 0 Å². The Labute approximate surface area is 133 Å². The second-order valence-corrected chi connectivity index (χ2v) is 7.07. The molecule has 21 heavy (non-hydrogen) atoms. The van der Waals surface area contributed by atoms with Gasteiger partial charge in [-0.3, -0.25) is 11.3 Å². The van der Waals surface area contributed by atoms with E-state index in [4.69, 9.17) is 17.4 Å². The first-order chi connectivity index (χ1) is 10.2. The summed E-state index contributed by atoms with van der Waals surface area (Å²) in [5.41, 5.74) is 4.90. The molecule has 3 rings (SSSR count). The van der Waals surface area contributed by atoms with E-state index in [2.05, 4.69) is 11.5 Å². The number of rotatable bonds is 4. The van der Waals surface area contributed by atoms with E-state index in [0.29, 0.717) is 17.0 Å². The fourth-order valence-electron chi connectivity index (χ4n) is 2.83. The van der Waals surface area contributed by atoms with Crippen molar-refractivity contribution < 1.29 is 4.39 Å². The summed E-state index contributed by atoms with van der Waals surface area (Å²) in [4.78, 5) is 2.66. The maximum absolute atomic E-state index is 13.9. The fraction of sp³-hybridized carbons (Fsp3) is 0.375. The quantitative estimate of drug-likeness (QED) is 0.654. The van der Waals surface area contributed by atoms with Crippen molar-refractivity contribution in [3.05, 3.63) is 56.0 Å². The van der Waals surface area contributed by atoms with E-state index >= 15 is 0 Å². The van der Waals surface area contributed by atoms with E-state index in [0.717, 1.165) is 12.8 Å². The summed E-state index contributed by atoms with van der Waals surface area (Å²) in [6.45, 7) is 0. The van der Waals surface area contributed by atoms with Crippen LogP contribution in [0.15, 0.2) is 24.3 Å². The maximum atomic E-state index is 13.9. The minimum atomic E-state index is -0.274. The first-order valence-electron chi connectivity index (χ1n) is 7.19. The second kappa shape index (κ2) is 6.44. The van der Waals surface area contributed by atoms with Gasteiger partial charge in [0, 0.05) is 14.8 Å². The average Bonchev–Trinajstić information content (AvgIpc) is 2.90. The molecule has 0 bridgehead atoms. The van der Waals surface area contributed by atoms with Gasteiger partial charge in [-0.2, -0.15) is 0 Å². The van der Waals surface area contributed by atoms with E-state index in [1.807, 2.05) is 0 Å². The van der Waals surface area contributed by atoms with E-state index in [9.17, 15) is 4.39 Å². The van der Waals surface area contributed by atoms with Crippen LogP contribution in [-0.4, -0.2) is 0 Å². The standard InChI is InChI=1S/C16H18ClFN2S/c17-12-6-5-10(13(18)9-12)7-14(20-19)16-8-11-3-1-2-4-15(11)21-16/h5-6,8-9,14,20H,1-4,7,19H2. The molecule has 0 radical (unpaired) electrons. The molecule has 0 saturated carbocycles. The highest BCUT2D eigenvalue weighted by Crippen LogP contribution is 2.34. The predicted molar refractivity (Wildman–Crippen MR) is 86.1 cm³/mol. The van der Waals surface area contributed by atoms with Crippen LogP contribution in [0.2, 0.25) is 5.02 Å². The van der Waals surface area contributed by atoms with Crippen molar-refractivity contribution >= 4 is 22.9 Å². The zero-order chi connectivity index (χ0) is 14.8. The zero-order valence-electron chi connectivity index (χ0n) is 11.7. The third-order valence-electron chi connectivity index (χ3n) is 4.00. The van der Waals surface area contributed by atoms with Crippen molar-refractivity contribution in [3.63, 3.8) is 0 Å². The van der Waals surface area contributed by atoms with Gasteiger partial charge < -0.3 is 0 Å². The number of halogens is 2. The van der Waals surface area contributed by atoms with Crippen molar-refractivity contribution in [3.8, 4) is 0 Å². The molecule has 0 fully saturated rings. The van der Waals surface area contributed by atoms with Crippen LogP contribution in [0.4, 0.5) is 4.39 Å². The molecular weight excluding hydrogens is 307 g/mol. The number of thiophene rings is 1. The highest BCUT2D eigenvalue weighted by atomic mass is 35.5. The first-order valence-corrected chi connectivity index (χ1v) is 8.38. The third kappa shape index (κ3) is 3.29. The molecule has 3 N–H and O–H groups in total. The van der Waals surface area contributed by atoms with Gasteiger partial charge in [-0.1, -0.05) is 17.7 Å². The van der Waals surface area contributed by atoms with E-state index < -0.39 is 0 Å². The number of hydrogen-bond acceptors (Lipinski definition) is 3. The summed E-state index contributed by atoms with van der Waals surface area (Å²) in [5.74, 6) is 5.42. The summed E-state index contributed by atoms with van der Waals surface area (Å²) in [6, 6.07) is 6.97. The molecule has 0 amide bonds. The third-order valence-corrected chi connectivity index (χ3v) is 5.59. The Bertz CT molecular complexity index is 618.